The average molecular weight is 369 g/mol. The number of para-hydroxylation sites is 1. The van der Waals surface area contributed by atoms with Crippen molar-refractivity contribution in [3.8, 4) is 0 Å². The highest BCUT2D eigenvalue weighted by Crippen LogP contribution is 2.20. The molecule has 2 N–H and O–H groups in total. The van der Waals surface area contributed by atoms with Gasteiger partial charge in [0.05, 0.1) is 11.4 Å². The Morgan fingerprint density at radius 1 is 1.00 bits per heavy atom. The molecule has 1 amide bonds. The van der Waals surface area contributed by atoms with Gasteiger partial charge in [0.1, 0.15) is 0 Å². The van der Waals surface area contributed by atoms with Gasteiger partial charge in [-0.05, 0) is 40.2 Å². The predicted molar refractivity (Wildman–Crippen MR) is 84.4 cm³/mol. The highest BCUT2D eigenvalue weighted by molar-refractivity contribution is 9.10. The first-order chi connectivity index (χ1) is 9.99. The van der Waals surface area contributed by atoms with E-state index < -0.39 is 15.9 Å². The summed E-state index contributed by atoms with van der Waals surface area (Å²) in [5, 5.41) is 2.60. The predicted octanol–water partition coefficient (Wildman–Crippen LogP) is 2.37. The van der Waals surface area contributed by atoms with Crippen molar-refractivity contribution in [2.24, 2.45) is 0 Å². The largest absolute Gasteiger partial charge is 0.325 e. The summed E-state index contributed by atoms with van der Waals surface area (Å²) >= 11 is 3.17. The lowest BCUT2D eigenvalue weighted by Crippen LogP contribution is -2.33. The first-order valence-electron chi connectivity index (χ1n) is 6.08. The Morgan fingerprint density at radius 3 is 2.29 bits per heavy atom. The maximum atomic E-state index is 12.1. The highest BCUT2D eigenvalue weighted by atomic mass is 79.9. The minimum atomic E-state index is -3.74. The molecule has 0 bridgehead atoms. The molecule has 0 fully saturated rings. The lowest BCUT2D eigenvalue weighted by molar-refractivity contribution is -0.115. The molecule has 0 aliphatic heterocycles. The van der Waals surface area contributed by atoms with Crippen LogP contribution in [0.1, 0.15) is 0 Å². The Labute approximate surface area is 131 Å². The summed E-state index contributed by atoms with van der Waals surface area (Å²) < 4.78 is 26.9. The minimum Gasteiger partial charge on any atom is -0.325 e. The van der Waals surface area contributed by atoms with E-state index in [0.717, 1.165) is 0 Å². The lowest BCUT2D eigenvalue weighted by Gasteiger charge is -2.09. The van der Waals surface area contributed by atoms with Gasteiger partial charge in [0.15, 0.2) is 0 Å². The number of nitrogens with one attached hydrogen (secondary N) is 2. The van der Waals surface area contributed by atoms with Crippen molar-refractivity contribution in [2.75, 3.05) is 11.9 Å². The van der Waals surface area contributed by atoms with Crippen molar-refractivity contribution in [2.45, 2.75) is 4.90 Å². The van der Waals surface area contributed by atoms with E-state index >= 15 is 0 Å². The maximum absolute atomic E-state index is 12.1. The SMILES string of the molecule is O=C(CNS(=O)(=O)c1ccccc1Br)Nc1ccccc1. The van der Waals surface area contributed by atoms with Crippen molar-refractivity contribution >= 4 is 37.5 Å². The molecule has 2 aromatic rings. The summed E-state index contributed by atoms with van der Waals surface area (Å²) in [5.41, 5.74) is 0.614. The smallest absolute Gasteiger partial charge is 0.242 e. The van der Waals surface area contributed by atoms with Gasteiger partial charge in [0, 0.05) is 10.2 Å². The molecule has 0 unspecified atom stereocenters. The van der Waals surface area contributed by atoms with Gasteiger partial charge in [0.2, 0.25) is 15.9 Å². The molecule has 0 aliphatic rings. The molecule has 0 saturated carbocycles. The Hall–Kier alpha value is -1.70. The second kappa shape index (κ2) is 6.84. The molecule has 2 rings (SSSR count). The number of hydrogen-bond donors (Lipinski definition) is 2. The third-order valence-corrected chi connectivity index (χ3v) is 5.02. The van der Waals surface area contributed by atoms with Crippen molar-refractivity contribution < 1.29 is 13.2 Å². The van der Waals surface area contributed by atoms with Crippen LogP contribution < -0.4 is 10.0 Å². The van der Waals surface area contributed by atoms with E-state index in [2.05, 4.69) is 26.0 Å². The van der Waals surface area contributed by atoms with Crippen LogP contribution in [0.25, 0.3) is 0 Å². The van der Waals surface area contributed by atoms with E-state index in [4.69, 9.17) is 0 Å². The fourth-order valence-corrected chi connectivity index (χ4v) is 3.61. The summed E-state index contributed by atoms with van der Waals surface area (Å²) in [5.74, 6) is -0.433. The molecule has 7 heteroatoms. The van der Waals surface area contributed by atoms with Gasteiger partial charge < -0.3 is 5.32 Å². The van der Waals surface area contributed by atoms with E-state index in [0.29, 0.717) is 10.2 Å². The quantitative estimate of drug-likeness (QED) is 0.850. The van der Waals surface area contributed by atoms with Crippen LogP contribution in [0.2, 0.25) is 0 Å². The second-order valence-electron chi connectivity index (χ2n) is 4.17. The molecular formula is C14H13BrN2O3S. The molecule has 0 radical (unpaired) electrons. The zero-order valence-electron chi connectivity index (χ0n) is 10.9. The molecule has 0 aromatic heterocycles. The van der Waals surface area contributed by atoms with Gasteiger partial charge in [-0.25, -0.2) is 13.1 Å². The number of halogens is 1. The Morgan fingerprint density at radius 2 is 1.62 bits per heavy atom. The fourth-order valence-electron chi connectivity index (χ4n) is 1.63. The normalized spacial score (nSPS) is 11.1. The van der Waals surface area contributed by atoms with E-state index in [9.17, 15) is 13.2 Å². The number of amides is 1. The summed E-state index contributed by atoms with van der Waals surface area (Å²) in [6.07, 6.45) is 0. The number of hydrogen-bond acceptors (Lipinski definition) is 3. The second-order valence-corrected chi connectivity index (χ2v) is 6.76. The highest BCUT2D eigenvalue weighted by Gasteiger charge is 2.18. The molecule has 0 spiro atoms. The van der Waals surface area contributed by atoms with Crippen molar-refractivity contribution in [1.29, 1.82) is 0 Å². The topological polar surface area (TPSA) is 75.3 Å². The van der Waals surface area contributed by atoms with E-state index in [1.54, 1.807) is 42.5 Å². The van der Waals surface area contributed by atoms with Crippen LogP contribution in [0, 0.1) is 0 Å². The Kier molecular flexibility index (Phi) is 5.11. The summed E-state index contributed by atoms with van der Waals surface area (Å²) in [6.45, 7) is -0.335. The molecule has 5 nitrogen and oxygen atoms in total. The average Bonchev–Trinajstić information content (AvgIpc) is 2.47. The molecule has 0 atom stereocenters. The van der Waals surface area contributed by atoms with Gasteiger partial charge in [0.25, 0.3) is 0 Å². The molecular weight excluding hydrogens is 356 g/mol. The number of benzene rings is 2. The van der Waals surface area contributed by atoms with Crippen LogP contribution in [0.3, 0.4) is 0 Å². The monoisotopic (exact) mass is 368 g/mol. The Bertz CT molecular complexity index is 733. The zero-order chi connectivity index (χ0) is 15.3. The van der Waals surface area contributed by atoms with Gasteiger partial charge in [-0.3, -0.25) is 4.79 Å². The third kappa shape index (κ3) is 4.38. The molecule has 0 aliphatic carbocycles. The Balaban J connectivity index is 1.99. The van der Waals surface area contributed by atoms with Crippen LogP contribution >= 0.6 is 15.9 Å². The molecule has 2 aromatic carbocycles. The van der Waals surface area contributed by atoms with E-state index in [1.807, 2.05) is 6.07 Å². The van der Waals surface area contributed by atoms with Crippen molar-refractivity contribution in [1.82, 2.24) is 4.72 Å². The van der Waals surface area contributed by atoms with Gasteiger partial charge in [-0.15, -0.1) is 0 Å². The summed E-state index contributed by atoms with van der Waals surface area (Å²) in [6, 6.07) is 15.2. The van der Waals surface area contributed by atoms with Crippen LogP contribution in [0.4, 0.5) is 5.69 Å². The maximum Gasteiger partial charge on any atom is 0.242 e. The van der Waals surface area contributed by atoms with Gasteiger partial charge in [-0.2, -0.15) is 0 Å². The number of carbonyl (C=O) groups excluding carboxylic acids is 1. The number of carbonyl (C=O) groups is 1. The minimum absolute atomic E-state index is 0.0949. The van der Waals surface area contributed by atoms with E-state index in [1.165, 1.54) is 6.07 Å². The molecule has 0 saturated heterocycles. The van der Waals surface area contributed by atoms with Gasteiger partial charge in [-0.1, -0.05) is 30.3 Å². The zero-order valence-corrected chi connectivity index (χ0v) is 13.3. The van der Waals surface area contributed by atoms with E-state index in [-0.39, 0.29) is 11.4 Å². The number of anilines is 1. The third-order valence-electron chi connectivity index (χ3n) is 2.61. The summed E-state index contributed by atoms with van der Waals surface area (Å²) in [7, 11) is -3.74. The van der Waals surface area contributed by atoms with Crippen LogP contribution in [-0.4, -0.2) is 20.9 Å². The molecule has 0 heterocycles. The fraction of sp³-hybridized carbons (Fsp3) is 0.0714. The first-order valence-corrected chi connectivity index (χ1v) is 8.36. The number of sulfonamides is 1. The number of rotatable bonds is 5. The van der Waals surface area contributed by atoms with Crippen molar-refractivity contribution in [3.63, 3.8) is 0 Å². The van der Waals surface area contributed by atoms with Crippen LogP contribution in [-0.2, 0) is 14.8 Å². The van der Waals surface area contributed by atoms with Crippen LogP contribution in [0.15, 0.2) is 64.0 Å². The molecule has 110 valence electrons. The van der Waals surface area contributed by atoms with Gasteiger partial charge >= 0.3 is 0 Å². The first kappa shape index (κ1) is 15.7. The summed E-state index contributed by atoms with van der Waals surface area (Å²) in [4.78, 5) is 11.8. The standard InChI is InChI=1S/C14H13BrN2O3S/c15-12-8-4-5-9-13(12)21(19,20)16-10-14(18)17-11-6-2-1-3-7-11/h1-9,16H,10H2,(H,17,18). The lowest BCUT2D eigenvalue weighted by atomic mass is 10.3. The van der Waals surface area contributed by atoms with Crippen LogP contribution in [0.5, 0.6) is 0 Å². The molecule has 21 heavy (non-hydrogen) atoms. The van der Waals surface area contributed by atoms with Crippen molar-refractivity contribution in [3.05, 3.63) is 59.1 Å².